The lowest BCUT2D eigenvalue weighted by Gasteiger charge is -2.21. The van der Waals surface area contributed by atoms with E-state index in [4.69, 9.17) is 10.3 Å². The minimum absolute atomic E-state index is 0.0227. The standard InChI is InChI=1S/C14H23N3O5S/c1-5-12(23(4)21)13(19)17-11(14(20)22-9(2)3)7-6-10(18)8-16-15/h8-9,11-12,15H,5-7H2,1-4H3/p+1/t11-,12-,23?/m0/s1. The van der Waals surface area contributed by atoms with E-state index in [1.165, 1.54) is 6.26 Å². The molecule has 0 aliphatic rings. The molecular weight excluding hydrogens is 322 g/mol. The Morgan fingerprint density at radius 2 is 1.96 bits per heavy atom. The number of esters is 1. The summed E-state index contributed by atoms with van der Waals surface area (Å²) in [5.74, 6) is -1.59. The van der Waals surface area contributed by atoms with Crippen LogP contribution < -0.4 is 5.32 Å². The molecule has 0 radical (unpaired) electrons. The maximum absolute atomic E-state index is 12.1. The first-order valence-electron chi connectivity index (χ1n) is 7.28. The Bertz CT molecular complexity index is 515. The fourth-order valence-corrected chi connectivity index (χ4v) is 2.66. The third-order valence-electron chi connectivity index (χ3n) is 2.90. The van der Waals surface area contributed by atoms with E-state index in [-0.39, 0.29) is 18.9 Å². The van der Waals surface area contributed by atoms with Crippen molar-refractivity contribution >= 4 is 34.7 Å². The maximum Gasteiger partial charge on any atom is 0.372 e. The fraction of sp³-hybridized carbons (Fsp3) is 0.714. The van der Waals surface area contributed by atoms with Crippen LogP contribution in [0.5, 0.6) is 0 Å². The Hall–Kier alpha value is -1.86. The quantitative estimate of drug-likeness (QED) is 0.253. The molecule has 0 saturated heterocycles. The number of nitrogens with one attached hydrogen (secondary N) is 2. The van der Waals surface area contributed by atoms with Gasteiger partial charge in [0, 0.05) is 23.5 Å². The lowest BCUT2D eigenvalue weighted by atomic mass is 10.1. The molecule has 0 heterocycles. The van der Waals surface area contributed by atoms with Crippen LogP contribution in [0.4, 0.5) is 0 Å². The number of amides is 1. The molecule has 130 valence electrons. The fourth-order valence-electron chi connectivity index (χ4n) is 1.82. The van der Waals surface area contributed by atoms with Gasteiger partial charge in [-0.1, -0.05) is 6.92 Å². The highest BCUT2D eigenvalue weighted by molar-refractivity contribution is 7.85. The van der Waals surface area contributed by atoms with Gasteiger partial charge in [0.2, 0.25) is 11.7 Å². The third-order valence-corrected chi connectivity index (χ3v) is 4.25. The molecular formula is C14H24N3O5S+. The molecule has 0 saturated carbocycles. The van der Waals surface area contributed by atoms with E-state index in [2.05, 4.69) is 10.1 Å². The topological polar surface area (TPSA) is 127 Å². The Morgan fingerprint density at radius 3 is 2.39 bits per heavy atom. The van der Waals surface area contributed by atoms with E-state index in [0.29, 0.717) is 6.42 Å². The molecule has 0 aliphatic carbocycles. The summed E-state index contributed by atoms with van der Waals surface area (Å²) >= 11 is 0. The van der Waals surface area contributed by atoms with Crippen molar-refractivity contribution in [1.82, 2.24) is 5.32 Å². The van der Waals surface area contributed by atoms with E-state index >= 15 is 0 Å². The number of hydrogen-bond acceptors (Lipinski definition) is 6. The van der Waals surface area contributed by atoms with Crippen molar-refractivity contribution in [3.8, 4) is 0 Å². The molecule has 0 rings (SSSR count). The van der Waals surface area contributed by atoms with Crippen molar-refractivity contribution in [2.75, 3.05) is 6.26 Å². The van der Waals surface area contributed by atoms with Gasteiger partial charge in [0.25, 0.3) is 0 Å². The molecule has 9 heteroatoms. The number of carbonyl (C=O) groups excluding carboxylic acids is 3. The van der Waals surface area contributed by atoms with Gasteiger partial charge in [0.05, 0.1) is 16.4 Å². The van der Waals surface area contributed by atoms with Crippen molar-refractivity contribution in [3.05, 3.63) is 0 Å². The van der Waals surface area contributed by atoms with Gasteiger partial charge in [0.15, 0.2) is 0 Å². The lowest BCUT2D eigenvalue weighted by molar-refractivity contribution is -0.151. The largest absolute Gasteiger partial charge is 0.461 e. The van der Waals surface area contributed by atoms with Crippen LogP contribution in [0.25, 0.3) is 0 Å². The Labute approximate surface area is 138 Å². The van der Waals surface area contributed by atoms with Crippen LogP contribution in [-0.2, 0) is 29.9 Å². The van der Waals surface area contributed by atoms with Gasteiger partial charge in [0.1, 0.15) is 11.3 Å². The number of hydrogen-bond donors (Lipinski definition) is 2. The second kappa shape index (κ2) is 10.8. The molecule has 0 spiro atoms. The maximum atomic E-state index is 12.1. The summed E-state index contributed by atoms with van der Waals surface area (Å²) in [5.41, 5.74) is 6.59. The Morgan fingerprint density at radius 1 is 1.35 bits per heavy atom. The first-order valence-corrected chi connectivity index (χ1v) is 8.90. The number of Topliss-reactive ketones (excluding diaryl/α,β-unsaturated/α-hetero) is 1. The molecule has 3 atom stereocenters. The van der Waals surface area contributed by atoms with Crippen LogP contribution in [0.15, 0.2) is 0 Å². The van der Waals surface area contributed by atoms with Gasteiger partial charge in [-0.25, -0.2) is 4.79 Å². The van der Waals surface area contributed by atoms with Gasteiger partial charge < -0.3 is 10.1 Å². The van der Waals surface area contributed by atoms with E-state index in [1.54, 1.807) is 20.8 Å². The molecule has 0 aromatic rings. The van der Waals surface area contributed by atoms with Crippen LogP contribution in [0.2, 0.25) is 0 Å². The Kier molecular flexibility index (Phi) is 9.92. The summed E-state index contributed by atoms with van der Waals surface area (Å²) in [6, 6.07) is -1.01. The number of ether oxygens (including phenoxy) is 1. The van der Waals surface area contributed by atoms with Gasteiger partial charge in [-0.05, 0) is 26.7 Å². The van der Waals surface area contributed by atoms with Crippen molar-refractivity contribution in [2.45, 2.75) is 57.4 Å². The highest BCUT2D eigenvalue weighted by Crippen LogP contribution is 2.06. The molecule has 0 bridgehead atoms. The summed E-state index contributed by atoms with van der Waals surface area (Å²) in [4.78, 5) is 38.4. The average molecular weight is 346 g/mol. The lowest BCUT2D eigenvalue weighted by Crippen LogP contribution is -2.47. The van der Waals surface area contributed by atoms with Gasteiger partial charge >= 0.3 is 12.2 Å². The third kappa shape index (κ3) is 8.37. The van der Waals surface area contributed by atoms with Crippen LogP contribution in [-0.4, -0.2) is 56.5 Å². The van der Waals surface area contributed by atoms with Crippen LogP contribution >= 0.6 is 0 Å². The summed E-state index contributed by atoms with van der Waals surface area (Å²) in [7, 11) is -1.37. The molecule has 23 heavy (non-hydrogen) atoms. The van der Waals surface area contributed by atoms with Gasteiger partial charge in [-0.2, -0.15) is 0 Å². The number of ketones is 1. The molecule has 1 unspecified atom stereocenters. The summed E-state index contributed by atoms with van der Waals surface area (Å²) in [6.07, 6.45) is 2.22. The molecule has 0 fully saturated rings. The smallest absolute Gasteiger partial charge is 0.372 e. The molecule has 0 aliphatic heterocycles. The second-order valence-corrected chi connectivity index (χ2v) is 6.77. The van der Waals surface area contributed by atoms with Crippen LogP contribution in [0, 0.1) is 5.53 Å². The van der Waals surface area contributed by atoms with E-state index in [1.807, 2.05) is 0 Å². The zero-order chi connectivity index (χ0) is 18.0. The van der Waals surface area contributed by atoms with Crippen molar-refractivity contribution in [2.24, 2.45) is 0 Å². The molecule has 0 aromatic carbocycles. The zero-order valence-corrected chi connectivity index (χ0v) is 14.6. The van der Waals surface area contributed by atoms with E-state index < -0.39 is 39.8 Å². The molecule has 0 aromatic heterocycles. The predicted octanol–water partition coefficient (Wildman–Crippen LogP) is 0.239. The molecule has 1 amide bonds. The number of rotatable bonds is 10. The van der Waals surface area contributed by atoms with Crippen LogP contribution in [0.1, 0.15) is 40.0 Å². The van der Waals surface area contributed by atoms with Crippen LogP contribution in [0.3, 0.4) is 0 Å². The Balaban J connectivity index is 5.00. The van der Waals surface area contributed by atoms with Crippen molar-refractivity contribution in [1.29, 1.82) is 5.53 Å². The molecule has 8 nitrogen and oxygen atoms in total. The summed E-state index contributed by atoms with van der Waals surface area (Å²) in [6.45, 7) is 5.07. The minimum atomic E-state index is -1.37. The van der Waals surface area contributed by atoms with Crippen molar-refractivity contribution in [3.63, 3.8) is 0 Å². The van der Waals surface area contributed by atoms with Gasteiger partial charge in [-0.15, -0.1) is 0 Å². The van der Waals surface area contributed by atoms with Crippen molar-refractivity contribution < 1.29 is 28.1 Å². The molecule has 2 N–H and O–H groups in total. The summed E-state index contributed by atoms with van der Waals surface area (Å²) < 4.78 is 16.6. The highest BCUT2D eigenvalue weighted by Gasteiger charge is 2.28. The van der Waals surface area contributed by atoms with E-state index in [9.17, 15) is 18.6 Å². The zero-order valence-electron chi connectivity index (χ0n) is 13.8. The predicted molar refractivity (Wildman–Crippen MR) is 84.6 cm³/mol. The normalized spacial score (nSPS) is 14.3. The van der Waals surface area contributed by atoms with E-state index in [0.717, 1.165) is 6.21 Å². The monoisotopic (exact) mass is 346 g/mol. The first kappa shape index (κ1) is 21.1. The average Bonchev–Trinajstić information content (AvgIpc) is 2.43. The highest BCUT2D eigenvalue weighted by atomic mass is 32.2. The number of nitrogens with zero attached hydrogens (tertiary/aromatic N) is 1. The number of carbonyl (C=O) groups is 3. The first-order chi connectivity index (χ1) is 10.7. The second-order valence-electron chi connectivity index (χ2n) is 5.21. The SMILES string of the molecule is CC[C@@H](C(=O)N[C@@H](CCC(=O)C=[N+]=N)C(=O)OC(C)C)S(C)=O. The van der Waals surface area contributed by atoms with Gasteiger partial charge in [-0.3, -0.25) is 13.8 Å². The summed E-state index contributed by atoms with van der Waals surface area (Å²) in [5, 5.41) is 1.77. The minimum Gasteiger partial charge on any atom is -0.461 e.